The smallest absolute Gasteiger partial charge is 0.168 e. The summed E-state index contributed by atoms with van der Waals surface area (Å²) in [4.78, 5) is 16.5. The van der Waals surface area contributed by atoms with Gasteiger partial charge in [-0.05, 0) is 30.9 Å². The van der Waals surface area contributed by atoms with Crippen LogP contribution in [-0.2, 0) is 0 Å². The summed E-state index contributed by atoms with van der Waals surface area (Å²) >= 11 is 0. The van der Waals surface area contributed by atoms with E-state index in [1.165, 1.54) is 5.56 Å². The molecule has 1 aromatic heterocycles. The Morgan fingerprint density at radius 2 is 2.10 bits per heavy atom. The van der Waals surface area contributed by atoms with E-state index in [9.17, 15) is 4.79 Å². The van der Waals surface area contributed by atoms with Crippen LogP contribution in [0.15, 0.2) is 48.8 Å². The monoisotopic (exact) mass is 267 g/mol. The molecule has 3 heteroatoms. The molecule has 1 aromatic carbocycles. The number of nitrogens with zero attached hydrogens (tertiary/aromatic N) is 1. The number of rotatable bonds is 5. The van der Waals surface area contributed by atoms with Gasteiger partial charge in [0.05, 0.1) is 12.8 Å². The van der Waals surface area contributed by atoms with Crippen molar-refractivity contribution in [3.8, 4) is 5.75 Å². The highest BCUT2D eigenvalue weighted by Gasteiger charge is 2.44. The van der Waals surface area contributed by atoms with E-state index in [1.54, 1.807) is 18.5 Å². The topological polar surface area (TPSA) is 39.2 Å². The molecule has 3 nitrogen and oxygen atoms in total. The lowest BCUT2D eigenvalue weighted by atomic mass is 10.0. The summed E-state index contributed by atoms with van der Waals surface area (Å²) in [6.45, 7) is 2.50. The van der Waals surface area contributed by atoms with Gasteiger partial charge in [-0.15, -0.1) is 0 Å². The molecule has 0 spiro atoms. The van der Waals surface area contributed by atoms with Gasteiger partial charge in [-0.25, -0.2) is 0 Å². The second kappa shape index (κ2) is 5.45. The van der Waals surface area contributed by atoms with Gasteiger partial charge in [0, 0.05) is 17.7 Å². The van der Waals surface area contributed by atoms with Crippen LogP contribution in [0.4, 0.5) is 0 Å². The quantitative estimate of drug-likeness (QED) is 0.779. The maximum Gasteiger partial charge on any atom is 0.168 e. The molecule has 1 fully saturated rings. The van der Waals surface area contributed by atoms with E-state index in [2.05, 4.69) is 17.1 Å². The number of aromatic nitrogens is 1. The molecule has 2 unspecified atom stereocenters. The highest BCUT2D eigenvalue weighted by Crippen LogP contribution is 2.49. The van der Waals surface area contributed by atoms with Crippen LogP contribution in [0.1, 0.15) is 35.2 Å². The fraction of sp³-hybridized carbons (Fsp3) is 0.294. The van der Waals surface area contributed by atoms with Gasteiger partial charge in [-0.3, -0.25) is 9.78 Å². The molecule has 0 bridgehead atoms. The number of Topliss-reactive ketones (excluding diaryl/α,β-unsaturated/α-hetero) is 1. The molecule has 20 heavy (non-hydrogen) atoms. The molecular formula is C17H17NO2. The van der Waals surface area contributed by atoms with Crippen molar-refractivity contribution < 1.29 is 9.53 Å². The summed E-state index contributed by atoms with van der Waals surface area (Å²) in [7, 11) is 0. The third-order valence-electron chi connectivity index (χ3n) is 3.66. The minimum atomic E-state index is 0.0936. The molecule has 3 rings (SSSR count). The summed E-state index contributed by atoms with van der Waals surface area (Å²) in [5, 5.41) is 0. The second-order valence-electron chi connectivity index (χ2n) is 5.07. The zero-order valence-electron chi connectivity index (χ0n) is 11.5. The molecule has 1 heterocycles. The number of pyridine rings is 1. The third-order valence-corrected chi connectivity index (χ3v) is 3.66. The fourth-order valence-corrected chi connectivity index (χ4v) is 2.57. The van der Waals surface area contributed by atoms with E-state index in [0.717, 1.165) is 6.42 Å². The molecule has 102 valence electrons. The van der Waals surface area contributed by atoms with Gasteiger partial charge in [-0.2, -0.15) is 0 Å². The zero-order valence-corrected chi connectivity index (χ0v) is 11.5. The molecular weight excluding hydrogens is 250 g/mol. The molecule has 1 aliphatic rings. The van der Waals surface area contributed by atoms with Gasteiger partial charge in [-0.1, -0.05) is 30.3 Å². The Balaban J connectivity index is 1.73. The van der Waals surface area contributed by atoms with Crippen LogP contribution in [0.25, 0.3) is 0 Å². The summed E-state index contributed by atoms with van der Waals surface area (Å²) in [6.07, 6.45) is 4.20. The number of carbonyl (C=O) groups excluding carboxylic acids is 1. The first kappa shape index (κ1) is 12.9. The Bertz CT molecular complexity index is 609. The van der Waals surface area contributed by atoms with Gasteiger partial charge in [0.25, 0.3) is 0 Å². The number of hydrogen-bond donors (Lipinski definition) is 0. The molecule has 2 atom stereocenters. The SMILES string of the molecule is CCOc1cncc(C(=O)C2CC2c2ccccc2)c1. The Kier molecular flexibility index (Phi) is 3.50. The van der Waals surface area contributed by atoms with Gasteiger partial charge < -0.3 is 4.74 Å². The number of ketones is 1. The molecule has 0 amide bonds. The van der Waals surface area contributed by atoms with E-state index in [1.807, 2.05) is 25.1 Å². The standard InChI is InChI=1S/C17H17NO2/c1-2-20-14-8-13(10-18-11-14)17(19)16-9-15(16)12-6-4-3-5-7-12/h3-8,10-11,15-16H,2,9H2,1H3. The minimum absolute atomic E-state index is 0.0936. The number of hydrogen-bond acceptors (Lipinski definition) is 3. The van der Waals surface area contributed by atoms with Crippen molar-refractivity contribution in [2.45, 2.75) is 19.3 Å². The van der Waals surface area contributed by atoms with Gasteiger partial charge in [0.15, 0.2) is 5.78 Å². The lowest BCUT2D eigenvalue weighted by molar-refractivity contribution is 0.0964. The molecule has 0 saturated heterocycles. The molecule has 2 aromatic rings. The van der Waals surface area contributed by atoms with E-state index in [-0.39, 0.29) is 11.7 Å². The zero-order chi connectivity index (χ0) is 13.9. The Hall–Kier alpha value is -2.16. The van der Waals surface area contributed by atoms with Crippen LogP contribution in [0.5, 0.6) is 5.75 Å². The van der Waals surface area contributed by atoms with Crippen molar-refractivity contribution in [2.24, 2.45) is 5.92 Å². The van der Waals surface area contributed by atoms with Crippen molar-refractivity contribution in [3.63, 3.8) is 0 Å². The predicted octanol–water partition coefficient (Wildman–Crippen LogP) is 3.47. The van der Waals surface area contributed by atoms with Crippen LogP contribution < -0.4 is 4.74 Å². The molecule has 1 aliphatic carbocycles. The molecule has 0 aliphatic heterocycles. The average Bonchev–Trinajstić information content (AvgIpc) is 3.29. The fourth-order valence-electron chi connectivity index (χ4n) is 2.57. The first-order valence-electron chi connectivity index (χ1n) is 6.96. The van der Waals surface area contributed by atoms with Crippen LogP contribution in [0, 0.1) is 5.92 Å². The number of benzene rings is 1. The van der Waals surface area contributed by atoms with E-state index in [0.29, 0.717) is 23.8 Å². The lowest BCUT2D eigenvalue weighted by Gasteiger charge is -2.05. The van der Waals surface area contributed by atoms with Crippen LogP contribution in [-0.4, -0.2) is 17.4 Å². The van der Waals surface area contributed by atoms with Crippen molar-refractivity contribution in [2.75, 3.05) is 6.61 Å². The van der Waals surface area contributed by atoms with Crippen molar-refractivity contribution >= 4 is 5.78 Å². The second-order valence-corrected chi connectivity index (χ2v) is 5.07. The maximum absolute atomic E-state index is 12.5. The number of ether oxygens (including phenoxy) is 1. The Labute approximate surface area is 118 Å². The first-order chi connectivity index (χ1) is 9.79. The predicted molar refractivity (Wildman–Crippen MR) is 77.0 cm³/mol. The first-order valence-corrected chi connectivity index (χ1v) is 6.96. The average molecular weight is 267 g/mol. The van der Waals surface area contributed by atoms with Crippen molar-refractivity contribution in [1.82, 2.24) is 4.98 Å². The largest absolute Gasteiger partial charge is 0.492 e. The Morgan fingerprint density at radius 3 is 2.85 bits per heavy atom. The van der Waals surface area contributed by atoms with E-state index < -0.39 is 0 Å². The maximum atomic E-state index is 12.5. The Morgan fingerprint density at radius 1 is 1.30 bits per heavy atom. The summed E-state index contributed by atoms with van der Waals surface area (Å²) in [6, 6.07) is 12.0. The van der Waals surface area contributed by atoms with Crippen LogP contribution in [0.2, 0.25) is 0 Å². The summed E-state index contributed by atoms with van der Waals surface area (Å²) < 4.78 is 5.39. The minimum Gasteiger partial charge on any atom is -0.492 e. The van der Waals surface area contributed by atoms with E-state index >= 15 is 0 Å². The number of carbonyl (C=O) groups is 1. The van der Waals surface area contributed by atoms with Gasteiger partial charge in [0.1, 0.15) is 5.75 Å². The summed E-state index contributed by atoms with van der Waals surface area (Å²) in [5.74, 6) is 1.29. The van der Waals surface area contributed by atoms with Crippen molar-refractivity contribution in [3.05, 3.63) is 59.9 Å². The van der Waals surface area contributed by atoms with Crippen LogP contribution >= 0.6 is 0 Å². The van der Waals surface area contributed by atoms with Crippen LogP contribution in [0.3, 0.4) is 0 Å². The van der Waals surface area contributed by atoms with E-state index in [4.69, 9.17) is 4.74 Å². The normalized spacial score (nSPS) is 20.4. The molecule has 1 saturated carbocycles. The van der Waals surface area contributed by atoms with Gasteiger partial charge in [0.2, 0.25) is 0 Å². The molecule has 0 N–H and O–H groups in total. The third kappa shape index (κ3) is 2.57. The summed E-state index contributed by atoms with van der Waals surface area (Å²) in [5.41, 5.74) is 1.90. The highest BCUT2D eigenvalue weighted by molar-refractivity contribution is 6.00. The lowest BCUT2D eigenvalue weighted by Crippen LogP contribution is -2.04. The highest BCUT2D eigenvalue weighted by atomic mass is 16.5. The van der Waals surface area contributed by atoms with Gasteiger partial charge >= 0.3 is 0 Å². The van der Waals surface area contributed by atoms with Crippen molar-refractivity contribution in [1.29, 1.82) is 0 Å². The molecule has 0 radical (unpaired) electrons.